The Bertz CT molecular complexity index is 1940. The first kappa shape index (κ1) is 28.4. The summed E-state index contributed by atoms with van der Waals surface area (Å²) in [6.45, 7) is 10.5. The zero-order valence-electron chi connectivity index (χ0n) is 24.7. The monoisotopic (exact) mass is 596 g/mol. The molecule has 1 aliphatic heterocycles. The van der Waals surface area contributed by atoms with Gasteiger partial charge in [-0.15, -0.1) is 0 Å². The number of fused-ring (bicyclic) bond motifs is 2. The summed E-state index contributed by atoms with van der Waals surface area (Å²) in [5.41, 5.74) is 4.83. The van der Waals surface area contributed by atoms with Crippen LogP contribution in [0.5, 0.6) is 11.5 Å². The number of hydrogen-bond acceptors (Lipinski definition) is 8. The van der Waals surface area contributed by atoms with Gasteiger partial charge in [0, 0.05) is 6.20 Å². The van der Waals surface area contributed by atoms with E-state index in [2.05, 4.69) is 4.98 Å². The third kappa shape index (κ3) is 4.81. The molecule has 0 radical (unpaired) electrons. The zero-order chi connectivity index (χ0) is 30.4. The summed E-state index contributed by atoms with van der Waals surface area (Å²) in [6.07, 6.45) is 2.59. The second-order valence-corrected chi connectivity index (χ2v) is 11.6. The van der Waals surface area contributed by atoms with E-state index in [9.17, 15) is 14.7 Å². The van der Waals surface area contributed by atoms with Crippen molar-refractivity contribution in [1.82, 2.24) is 14.4 Å². The summed E-state index contributed by atoms with van der Waals surface area (Å²) in [5, 5.41) is 12.3. The maximum atomic E-state index is 13.9. The van der Waals surface area contributed by atoms with Crippen molar-refractivity contribution in [3.63, 3.8) is 0 Å². The molecule has 0 saturated carbocycles. The van der Waals surface area contributed by atoms with Crippen LogP contribution in [0.3, 0.4) is 0 Å². The molecule has 1 fully saturated rings. The van der Waals surface area contributed by atoms with Crippen LogP contribution in [0.1, 0.15) is 54.4 Å². The molecule has 9 nitrogen and oxygen atoms in total. The molecule has 0 aliphatic carbocycles. The number of amides is 1. The highest BCUT2D eigenvalue weighted by molar-refractivity contribution is 7.22. The molecule has 1 aliphatic rings. The Kier molecular flexibility index (Phi) is 7.39. The first-order valence-corrected chi connectivity index (χ1v) is 15.1. The van der Waals surface area contributed by atoms with Gasteiger partial charge in [-0.05, 0) is 81.1 Å². The maximum absolute atomic E-state index is 13.9. The second-order valence-electron chi connectivity index (χ2n) is 10.6. The van der Waals surface area contributed by atoms with Crippen LogP contribution in [0, 0.1) is 20.8 Å². The van der Waals surface area contributed by atoms with Crippen molar-refractivity contribution in [1.29, 1.82) is 0 Å². The highest BCUT2D eigenvalue weighted by Crippen LogP contribution is 2.46. The van der Waals surface area contributed by atoms with Crippen molar-refractivity contribution >= 4 is 49.8 Å². The summed E-state index contributed by atoms with van der Waals surface area (Å²) >= 11 is 1.34. The van der Waals surface area contributed by atoms with Gasteiger partial charge in [-0.2, -0.15) is 0 Å². The van der Waals surface area contributed by atoms with E-state index < -0.39 is 17.7 Å². The number of Topliss-reactive ketones (excluding diaryl/α,β-unsaturated/α-hetero) is 1. The highest BCUT2D eigenvalue weighted by atomic mass is 32.1. The van der Waals surface area contributed by atoms with E-state index in [4.69, 9.17) is 14.5 Å². The van der Waals surface area contributed by atoms with Crippen LogP contribution in [0.2, 0.25) is 0 Å². The number of anilines is 1. The van der Waals surface area contributed by atoms with E-state index in [1.807, 2.05) is 58.0 Å². The van der Waals surface area contributed by atoms with Crippen LogP contribution in [-0.2, 0) is 9.59 Å². The normalized spacial score (nSPS) is 16.5. The van der Waals surface area contributed by atoms with Crippen LogP contribution in [0.4, 0.5) is 5.13 Å². The molecule has 1 saturated heterocycles. The first-order chi connectivity index (χ1) is 20.7. The summed E-state index contributed by atoms with van der Waals surface area (Å²) < 4.78 is 14.5. The van der Waals surface area contributed by atoms with Gasteiger partial charge in [0.2, 0.25) is 0 Å². The zero-order valence-corrected chi connectivity index (χ0v) is 25.5. The lowest BCUT2D eigenvalue weighted by atomic mass is 9.96. The molecule has 1 atom stereocenters. The smallest absolute Gasteiger partial charge is 0.301 e. The lowest BCUT2D eigenvalue weighted by molar-refractivity contribution is -0.132. The standard InChI is InChI=1S/C33H32N4O5S/c1-6-14-42-22-12-11-21(17-23(22)41-7-2)29-26(30(38)28-20(5)34-25-10-8-9-13-36(25)28)31(39)32(40)37(29)33-35-27-19(4)15-18(3)16-24(27)43-33/h8-13,15-17,29,38H,6-7,14H2,1-5H3. The third-order valence-corrected chi connectivity index (χ3v) is 8.44. The SMILES string of the molecule is CCCOc1ccc(C2C(=C(O)c3c(C)nc4ccccn34)C(=O)C(=O)N2c2nc3c(C)cc(C)cc3s2)cc1OCC. The second kappa shape index (κ2) is 11.2. The van der Waals surface area contributed by atoms with Gasteiger partial charge < -0.3 is 14.6 Å². The van der Waals surface area contributed by atoms with Crippen LogP contribution >= 0.6 is 11.3 Å². The Morgan fingerprint density at radius 3 is 2.58 bits per heavy atom. The minimum Gasteiger partial charge on any atom is -0.505 e. The number of rotatable bonds is 8. The predicted molar refractivity (Wildman–Crippen MR) is 167 cm³/mol. The number of pyridine rings is 1. The van der Waals surface area contributed by atoms with E-state index in [-0.39, 0.29) is 11.3 Å². The van der Waals surface area contributed by atoms with Gasteiger partial charge in [0.1, 0.15) is 11.3 Å². The Balaban J connectivity index is 1.60. The number of nitrogens with zero attached hydrogens (tertiary/aromatic N) is 4. The number of imidazole rings is 1. The van der Waals surface area contributed by atoms with Crippen molar-refractivity contribution in [2.45, 2.75) is 47.1 Å². The average molecular weight is 597 g/mol. The number of carbonyl (C=O) groups excluding carboxylic acids is 2. The van der Waals surface area contributed by atoms with Crippen LogP contribution in [-0.4, -0.2) is 44.4 Å². The van der Waals surface area contributed by atoms with Crippen LogP contribution in [0.15, 0.2) is 60.3 Å². The summed E-state index contributed by atoms with van der Waals surface area (Å²) in [6, 6.07) is 13.9. The number of hydrogen-bond donors (Lipinski definition) is 1. The van der Waals surface area contributed by atoms with Gasteiger partial charge in [-0.1, -0.05) is 36.5 Å². The highest BCUT2D eigenvalue weighted by Gasteiger charge is 2.49. The molecular formula is C33H32N4O5S. The van der Waals surface area contributed by atoms with Gasteiger partial charge >= 0.3 is 5.91 Å². The third-order valence-electron chi connectivity index (χ3n) is 7.44. The van der Waals surface area contributed by atoms with Crippen LogP contribution < -0.4 is 14.4 Å². The van der Waals surface area contributed by atoms with Gasteiger partial charge in [-0.25, -0.2) is 9.97 Å². The topological polar surface area (TPSA) is 106 Å². The average Bonchev–Trinajstić information content (AvgIpc) is 3.63. The molecule has 0 spiro atoms. The van der Waals surface area contributed by atoms with Crippen molar-refractivity contribution in [3.05, 3.63) is 88.4 Å². The number of aliphatic hydroxyl groups excluding tert-OH is 1. The molecule has 0 bridgehead atoms. The Hall–Kier alpha value is -4.70. The Morgan fingerprint density at radius 2 is 1.81 bits per heavy atom. The first-order valence-electron chi connectivity index (χ1n) is 14.3. The van der Waals surface area contributed by atoms with E-state index in [1.54, 1.807) is 35.7 Å². The summed E-state index contributed by atoms with van der Waals surface area (Å²) in [7, 11) is 0. The molecule has 1 unspecified atom stereocenters. The lowest BCUT2D eigenvalue weighted by Gasteiger charge is -2.24. The molecule has 43 heavy (non-hydrogen) atoms. The van der Waals surface area contributed by atoms with E-state index in [1.165, 1.54) is 16.2 Å². The molecule has 1 N–H and O–H groups in total. The fourth-order valence-electron chi connectivity index (χ4n) is 5.63. The number of aryl methyl sites for hydroxylation is 3. The fourth-order valence-corrected chi connectivity index (χ4v) is 6.80. The Labute approximate surface area is 253 Å². The van der Waals surface area contributed by atoms with Crippen LogP contribution in [0.25, 0.3) is 21.6 Å². The fraction of sp³-hybridized carbons (Fsp3) is 0.273. The minimum atomic E-state index is -0.977. The van der Waals surface area contributed by atoms with Crippen molar-refractivity contribution < 1.29 is 24.2 Å². The minimum absolute atomic E-state index is 0.0458. The number of ketones is 1. The molecule has 5 aromatic rings. The van der Waals surface area contributed by atoms with E-state index in [0.29, 0.717) is 52.4 Å². The van der Waals surface area contributed by atoms with Gasteiger partial charge in [0.25, 0.3) is 5.78 Å². The van der Waals surface area contributed by atoms with Gasteiger partial charge in [0.05, 0.1) is 40.7 Å². The van der Waals surface area contributed by atoms with Gasteiger partial charge in [-0.3, -0.25) is 18.9 Å². The molecule has 3 aromatic heterocycles. The number of aromatic nitrogens is 3. The quantitative estimate of drug-likeness (QED) is 0.121. The molecule has 1 amide bonds. The number of thiazole rings is 1. The molecule has 10 heteroatoms. The summed E-state index contributed by atoms with van der Waals surface area (Å²) in [4.78, 5) is 38.6. The molecule has 220 valence electrons. The Morgan fingerprint density at radius 1 is 1.00 bits per heavy atom. The molecule has 4 heterocycles. The summed E-state index contributed by atoms with van der Waals surface area (Å²) in [5.74, 6) is -0.826. The molecular weight excluding hydrogens is 564 g/mol. The molecule has 2 aromatic carbocycles. The number of aliphatic hydroxyl groups is 1. The largest absolute Gasteiger partial charge is 0.505 e. The van der Waals surface area contributed by atoms with E-state index >= 15 is 0 Å². The maximum Gasteiger partial charge on any atom is 0.301 e. The molecule has 6 rings (SSSR count). The van der Waals surface area contributed by atoms with Crippen molar-refractivity contribution in [2.75, 3.05) is 18.1 Å². The predicted octanol–water partition coefficient (Wildman–Crippen LogP) is 6.68. The van der Waals surface area contributed by atoms with Gasteiger partial charge in [0.15, 0.2) is 22.4 Å². The van der Waals surface area contributed by atoms with E-state index in [0.717, 1.165) is 27.8 Å². The van der Waals surface area contributed by atoms with Crippen molar-refractivity contribution in [3.8, 4) is 11.5 Å². The number of carbonyl (C=O) groups is 2. The number of benzene rings is 2. The number of ether oxygens (including phenoxy) is 2. The van der Waals surface area contributed by atoms with Crippen molar-refractivity contribution in [2.24, 2.45) is 0 Å². The lowest BCUT2D eigenvalue weighted by Crippen LogP contribution is -2.29.